The first kappa shape index (κ1) is 11.8. The van der Waals surface area contributed by atoms with Gasteiger partial charge >= 0.3 is 0 Å². The number of pyridine rings is 1. The number of amides is 1. The van der Waals surface area contributed by atoms with E-state index in [1.807, 2.05) is 0 Å². The first-order chi connectivity index (χ1) is 9.19. The van der Waals surface area contributed by atoms with E-state index < -0.39 is 5.54 Å². The van der Waals surface area contributed by atoms with Gasteiger partial charge in [0.25, 0.3) is 0 Å². The van der Waals surface area contributed by atoms with Gasteiger partial charge in [0.15, 0.2) is 5.82 Å². The van der Waals surface area contributed by atoms with Crippen molar-refractivity contribution >= 4 is 11.6 Å². The summed E-state index contributed by atoms with van der Waals surface area (Å²) in [7, 11) is 0. The zero-order chi connectivity index (χ0) is 13.3. The molecule has 1 fully saturated rings. The third kappa shape index (κ3) is 2.08. The Balaban J connectivity index is 1.87. The highest BCUT2D eigenvalue weighted by molar-refractivity contribution is 5.99. The van der Waals surface area contributed by atoms with Crippen LogP contribution >= 0.6 is 0 Å². The Bertz CT molecular complexity index is 590. The molecule has 0 radical (unpaired) electrons. The van der Waals surface area contributed by atoms with Crippen LogP contribution in [0.15, 0.2) is 31.0 Å². The summed E-state index contributed by atoms with van der Waals surface area (Å²) < 4.78 is 1.50. The zero-order valence-corrected chi connectivity index (χ0v) is 10.3. The Hall–Kier alpha value is -2.28. The van der Waals surface area contributed by atoms with E-state index >= 15 is 0 Å². The third-order valence-corrected chi connectivity index (χ3v) is 3.37. The lowest BCUT2D eigenvalue weighted by Crippen LogP contribution is -2.56. The Morgan fingerprint density at radius 3 is 2.95 bits per heavy atom. The van der Waals surface area contributed by atoms with E-state index in [-0.39, 0.29) is 5.91 Å². The standard InChI is InChI=1S/C12H14N6O/c13-12(4-2-5-12)11(19)17-9-3-1-6-15-10(9)18-8-14-7-16-18/h1,3,6-8H,2,4-5,13H2,(H,17,19). The summed E-state index contributed by atoms with van der Waals surface area (Å²) in [5, 5.41) is 6.84. The lowest BCUT2D eigenvalue weighted by molar-refractivity contribution is -0.123. The van der Waals surface area contributed by atoms with Crippen LogP contribution in [0.2, 0.25) is 0 Å². The van der Waals surface area contributed by atoms with E-state index in [2.05, 4.69) is 20.4 Å². The van der Waals surface area contributed by atoms with E-state index in [9.17, 15) is 4.79 Å². The van der Waals surface area contributed by atoms with Crippen molar-refractivity contribution in [2.75, 3.05) is 5.32 Å². The van der Waals surface area contributed by atoms with Crippen LogP contribution in [0.3, 0.4) is 0 Å². The lowest BCUT2D eigenvalue weighted by atomic mass is 9.77. The van der Waals surface area contributed by atoms with Gasteiger partial charge in [-0.2, -0.15) is 5.10 Å². The second kappa shape index (κ2) is 4.43. The maximum atomic E-state index is 12.1. The summed E-state index contributed by atoms with van der Waals surface area (Å²) in [5.74, 6) is 0.351. The van der Waals surface area contributed by atoms with Gasteiger partial charge < -0.3 is 11.1 Å². The number of anilines is 1. The van der Waals surface area contributed by atoms with Gasteiger partial charge in [0.2, 0.25) is 5.91 Å². The molecule has 2 aromatic rings. The van der Waals surface area contributed by atoms with Crippen molar-refractivity contribution in [3.63, 3.8) is 0 Å². The van der Waals surface area contributed by atoms with Crippen LogP contribution in [-0.2, 0) is 4.79 Å². The Kier molecular flexibility index (Phi) is 2.75. The summed E-state index contributed by atoms with van der Waals surface area (Å²) in [6.45, 7) is 0. The summed E-state index contributed by atoms with van der Waals surface area (Å²) in [6, 6.07) is 3.52. The monoisotopic (exact) mass is 258 g/mol. The minimum Gasteiger partial charge on any atom is -0.321 e. The van der Waals surface area contributed by atoms with Crippen LogP contribution in [0.5, 0.6) is 0 Å². The van der Waals surface area contributed by atoms with Crippen LogP contribution < -0.4 is 11.1 Å². The molecular formula is C12H14N6O. The summed E-state index contributed by atoms with van der Waals surface area (Å²) in [6.07, 6.45) is 7.01. The molecule has 0 saturated heterocycles. The Labute approximate surface area is 109 Å². The van der Waals surface area contributed by atoms with Crippen LogP contribution in [0.25, 0.3) is 5.82 Å². The lowest BCUT2D eigenvalue weighted by Gasteiger charge is -2.36. The molecular weight excluding hydrogens is 244 g/mol. The molecule has 0 aromatic carbocycles. The van der Waals surface area contributed by atoms with E-state index in [1.54, 1.807) is 18.3 Å². The first-order valence-electron chi connectivity index (χ1n) is 6.09. The molecule has 0 bridgehead atoms. The highest BCUT2D eigenvalue weighted by atomic mass is 16.2. The number of hydrogen-bond acceptors (Lipinski definition) is 5. The normalized spacial score (nSPS) is 16.7. The molecule has 1 saturated carbocycles. The molecule has 0 spiro atoms. The van der Waals surface area contributed by atoms with Gasteiger partial charge in [0.05, 0.1) is 11.2 Å². The van der Waals surface area contributed by atoms with Crippen LogP contribution in [0, 0.1) is 0 Å². The van der Waals surface area contributed by atoms with Gasteiger partial charge in [-0.25, -0.2) is 14.6 Å². The molecule has 19 heavy (non-hydrogen) atoms. The molecule has 3 rings (SSSR count). The predicted octanol–water partition coefficient (Wildman–Crippen LogP) is 0.482. The molecule has 2 aromatic heterocycles. The van der Waals surface area contributed by atoms with Gasteiger partial charge in [-0.1, -0.05) is 0 Å². The number of rotatable bonds is 3. The molecule has 98 valence electrons. The largest absolute Gasteiger partial charge is 0.321 e. The molecule has 0 atom stereocenters. The van der Waals surface area contributed by atoms with Crippen molar-refractivity contribution in [3.05, 3.63) is 31.0 Å². The van der Waals surface area contributed by atoms with Crippen molar-refractivity contribution in [2.24, 2.45) is 5.73 Å². The fourth-order valence-electron chi connectivity index (χ4n) is 2.03. The molecule has 3 N–H and O–H groups in total. The molecule has 7 nitrogen and oxygen atoms in total. The Morgan fingerprint density at radius 2 is 2.32 bits per heavy atom. The van der Waals surface area contributed by atoms with E-state index in [1.165, 1.54) is 17.3 Å². The molecule has 7 heteroatoms. The molecule has 0 unspecified atom stereocenters. The number of aromatic nitrogens is 4. The average Bonchev–Trinajstić information content (AvgIpc) is 2.90. The van der Waals surface area contributed by atoms with Gasteiger partial charge in [-0.05, 0) is 31.4 Å². The van der Waals surface area contributed by atoms with Gasteiger partial charge in [0.1, 0.15) is 12.7 Å². The molecule has 0 aliphatic heterocycles. The predicted molar refractivity (Wildman–Crippen MR) is 68.6 cm³/mol. The Morgan fingerprint density at radius 1 is 1.47 bits per heavy atom. The van der Waals surface area contributed by atoms with Crippen LogP contribution in [0.1, 0.15) is 19.3 Å². The first-order valence-corrected chi connectivity index (χ1v) is 6.09. The number of carbonyl (C=O) groups is 1. The highest BCUT2D eigenvalue weighted by Crippen LogP contribution is 2.30. The van der Waals surface area contributed by atoms with E-state index in [0.717, 1.165) is 19.3 Å². The van der Waals surface area contributed by atoms with Crippen molar-refractivity contribution < 1.29 is 4.79 Å². The third-order valence-electron chi connectivity index (χ3n) is 3.37. The maximum Gasteiger partial charge on any atom is 0.244 e. The second-order valence-electron chi connectivity index (χ2n) is 4.68. The van der Waals surface area contributed by atoms with Crippen molar-refractivity contribution in [3.8, 4) is 5.82 Å². The number of nitrogens with zero attached hydrogens (tertiary/aromatic N) is 4. The highest BCUT2D eigenvalue weighted by Gasteiger charge is 2.40. The molecule has 1 aliphatic carbocycles. The molecule has 1 aliphatic rings. The van der Waals surface area contributed by atoms with Crippen molar-refractivity contribution in [1.29, 1.82) is 0 Å². The van der Waals surface area contributed by atoms with Crippen LogP contribution in [-0.4, -0.2) is 31.2 Å². The minimum atomic E-state index is -0.741. The topological polar surface area (TPSA) is 98.7 Å². The molecule has 1 amide bonds. The fourth-order valence-corrected chi connectivity index (χ4v) is 2.03. The maximum absolute atomic E-state index is 12.1. The number of nitrogens with two attached hydrogens (primary N) is 1. The quantitative estimate of drug-likeness (QED) is 0.834. The number of hydrogen-bond donors (Lipinski definition) is 2. The zero-order valence-electron chi connectivity index (χ0n) is 10.3. The molecule has 2 heterocycles. The average molecular weight is 258 g/mol. The minimum absolute atomic E-state index is 0.173. The van der Waals surface area contributed by atoms with Gasteiger partial charge in [-0.3, -0.25) is 4.79 Å². The summed E-state index contributed by atoms with van der Waals surface area (Å²) >= 11 is 0. The van der Waals surface area contributed by atoms with Crippen molar-refractivity contribution in [2.45, 2.75) is 24.8 Å². The summed E-state index contributed by atoms with van der Waals surface area (Å²) in [5.41, 5.74) is 5.83. The smallest absolute Gasteiger partial charge is 0.244 e. The van der Waals surface area contributed by atoms with Crippen LogP contribution in [0.4, 0.5) is 5.69 Å². The fraction of sp³-hybridized carbons (Fsp3) is 0.333. The van der Waals surface area contributed by atoms with E-state index in [0.29, 0.717) is 11.5 Å². The summed E-state index contributed by atoms with van der Waals surface area (Å²) in [4.78, 5) is 20.2. The van der Waals surface area contributed by atoms with Crippen molar-refractivity contribution in [1.82, 2.24) is 19.7 Å². The SMILES string of the molecule is NC1(C(=O)Nc2cccnc2-n2cncn2)CCC1. The number of carbonyl (C=O) groups excluding carboxylic acids is 1. The second-order valence-corrected chi connectivity index (χ2v) is 4.68. The van der Waals surface area contributed by atoms with E-state index in [4.69, 9.17) is 5.73 Å². The number of nitrogens with one attached hydrogen (secondary N) is 1. The van der Waals surface area contributed by atoms with Gasteiger partial charge in [0, 0.05) is 6.20 Å². The van der Waals surface area contributed by atoms with Gasteiger partial charge in [-0.15, -0.1) is 0 Å².